The second-order valence-electron chi connectivity index (χ2n) is 4.78. The zero-order valence-corrected chi connectivity index (χ0v) is 8.99. The molecule has 0 amide bonds. The number of halogens is 2. The Bertz CT molecular complexity index is 506. The molecule has 0 unspecified atom stereocenters. The second kappa shape index (κ2) is 3.05. The minimum atomic E-state index is -0.542. The largest absolute Gasteiger partial charge is 0.356 e. The molecule has 2 rings (SSSR count). The third-order valence-corrected chi connectivity index (χ3v) is 2.45. The molecule has 1 aromatic heterocycles. The van der Waals surface area contributed by atoms with Crippen molar-refractivity contribution in [3.8, 4) is 0 Å². The van der Waals surface area contributed by atoms with Gasteiger partial charge in [0.15, 0.2) is 0 Å². The number of H-pyrrole nitrogens is 1. The quantitative estimate of drug-likeness (QED) is 0.680. The molecule has 3 heteroatoms. The van der Waals surface area contributed by atoms with E-state index in [9.17, 15) is 8.78 Å². The molecule has 0 spiro atoms. The van der Waals surface area contributed by atoms with E-state index < -0.39 is 11.6 Å². The molecule has 1 aromatic carbocycles. The number of fused-ring (bicyclic) bond motifs is 1. The van der Waals surface area contributed by atoms with E-state index in [1.165, 1.54) is 6.07 Å². The molecule has 15 heavy (non-hydrogen) atoms. The Balaban J connectivity index is 2.71. The van der Waals surface area contributed by atoms with Crippen LogP contribution >= 0.6 is 0 Å². The molecular formula is C12H13F2N. The molecule has 1 N–H and O–H groups in total. The van der Waals surface area contributed by atoms with Crippen LogP contribution in [0, 0.1) is 11.6 Å². The monoisotopic (exact) mass is 209 g/mol. The predicted molar refractivity (Wildman–Crippen MR) is 56.9 cm³/mol. The van der Waals surface area contributed by atoms with Crippen molar-refractivity contribution < 1.29 is 8.78 Å². The van der Waals surface area contributed by atoms with E-state index in [1.54, 1.807) is 6.07 Å². The van der Waals surface area contributed by atoms with Crippen LogP contribution in [0.1, 0.15) is 26.5 Å². The van der Waals surface area contributed by atoms with Crippen molar-refractivity contribution in [2.24, 2.45) is 0 Å². The minimum Gasteiger partial charge on any atom is -0.356 e. The van der Waals surface area contributed by atoms with Gasteiger partial charge in [-0.05, 0) is 12.1 Å². The van der Waals surface area contributed by atoms with Gasteiger partial charge in [-0.1, -0.05) is 20.8 Å². The summed E-state index contributed by atoms with van der Waals surface area (Å²) in [5.41, 5.74) is 1.19. The summed E-state index contributed by atoms with van der Waals surface area (Å²) in [6.07, 6.45) is 0. The predicted octanol–water partition coefficient (Wildman–Crippen LogP) is 3.74. The van der Waals surface area contributed by atoms with Crippen molar-refractivity contribution in [3.63, 3.8) is 0 Å². The summed E-state index contributed by atoms with van der Waals surface area (Å²) in [4.78, 5) is 2.99. The van der Waals surface area contributed by atoms with Crippen LogP contribution < -0.4 is 0 Å². The Hall–Kier alpha value is -1.38. The maximum absolute atomic E-state index is 13.4. The number of aromatic amines is 1. The van der Waals surface area contributed by atoms with Gasteiger partial charge in [0.25, 0.3) is 0 Å². The molecule has 1 heterocycles. The standard InChI is InChI=1S/C12H13F2N/c1-12(2,3)10-5-7-4-8(13)6-9(14)11(7)15-10/h4-6,15H,1-3H3. The first kappa shape index (κ1) is 10.1. The molecule has 1 nitrogen and oxygen atoms in total. The first-order valence-electron chi connectivity index (χ1n) is 4.86. The summed E-state index contributed by atoms with van der Waals surface area (Å²) in [5, 5.41) is 0.581. The Labute approximate surface area is 87.1 Å². The van der Waals surface area contributed by atoms with Gasteiger partial charge in [-0.15, -0.1) is 0 Å². The van der Waals surface area contributed by atoms with Crippen LogP contribution in [-0.4, -0.2) is 4.98 Å². The SMILES string of the molecule is CC(C)(C)c1cc2cc(F)cc(F)c2[nH]1. The fourth-order valence-corrected chi connectivity index (χ4v) is 1.57. The van der Waals surface area contributed by atoms with E-state index in [2.05, 4.69) is 4.98 Å². The van der Waals surface area contributed by atoms with Crippen molar-refractivity contribution in [3.05, 3.63) is 35.5 Å². The van der Waals surface area contributed by atoms with Crippen molar-refractivity contribution in [1.82, 2.24) is 4.98 Å². The number of rotatable bonds is 0. The Morgan fingerprint density at radius 2 is 1.73 bits per heavy atom. The highest BCUT2D eigenvalue weighted by Gasteiger charge is 2.17. The maximum Gasteiger partial charge on any atom is 0.150 e. The zero-order chi connectivity index (χ0) is 11.2. The number of aromatic nitrogens is 1. The van der Waals surface area contributed by atoms with Crippen LogP contribution in [0.5, 0.6) is 0 Å². The highest BCUT2D eigenvalue weighted by atomic mass is 19.1. The van der Waals surface area contributed by atoms with Gasteiger partial charge in [-0.3, -0.25) is 0 Å². The molecule has 0 saturated heterocycles. The lowest BCUT2D eigenvalue weighted by atomic mass is 9.92. The average Bonchev–Trinajstić information content (AvgIpc) is 2.46. The molecule has 0 radical (unpaired) electrons. The lowest BCUT2D eigenvalue weighted by Crippen LogP contribution is -2.11. The van der Waals surface area contributed by atoms with Gasteiger partial charge >= 0.3 is 0 Å². The maximum atomic E-state index is 13.4. The van der Waals surface area contributed by atoms with Gasteiger partial charge in [-0.25, -0.2) is 8.78 Å². The molecule has 0 aliphatic carbocycles. The fraction of sp³-hybridized carbons (Fsp3) is 0.333. The molecule has 0 fully saturated rings. The van der Waals surface area contributed by atoms with Crippen molar-refractivity contribution in [1.29, 1.82) is 0 Å². The minimum absolute atomic E-state index is 0.0953. The van der Waals surface area contributed by atoms with Crippen LogP contribution in [0.25, 0.3) is 10.9 Å². The second-order valence-corrected chi connectivity index (χ2v) is 4.78. The number of hydrogen-bond acceptors (Lipinski definition) is 0. The zero-order valence-electron chi connectivity index (χ0n) is 8.99. The summed E-state index contributed by atoms with van der Waals surface area (Å²) in [6, 6.07) is 4.02. The molecular weight excluding hydrogens is 196 g/mol. The third-order valence-electron chi connectivity index (χ3n) is 2.45. The van der Waals surface area contributed by atoms with E-state index in [0.717, 1.165) is 11.8 Å². The van der Waals surface area contributed by atoms with Gasteiger partial charge in [0.1, 0.15) is 11.6 Å². The highest BCUT2D eigenvalue weighted by molar-refractivity contribution is 5.81. The van der Waals surface area contributed by atoms with Gasteiger partial charge in [0.05, 0.1) is 5.52 Å². The van der Waals surface area contributed by atoms with Crippen molar-refractivity contribution in [2.45, 2.75) is 26.2 Å². The molecule has 0 saturated carbocycles. The Morgan fingerprint density at radius 1 is 1.07 bits per heavy atom. The van der Waals surface area contributed by atoms with E-state index in [4.69, 9.17) is 0 Å². The summed E-state index contributed by atoms with van der Waals surface area (Å²) < 4.78 is 26.3. The van der Waals surface area contributed by atoms with Crippen molar-refractivity contribution >= 4 is 10.9 Å². The molecule has 0 aliphatic heterocycles. The molecule has 80 valence electrons. The van der Waals surface area contributed by atoms with Crippen molar-refractivity contribution in [2.75, 3.05) is 0 Å². The molecule has 0 bridgehead atoms. The van der Waals surface area contributed by atoms with Crippen LogP contribution in [0.4, 0.5) is 8.78 Å². The molecule has 0 aliphatic rings. The fourth-order valence-electron chi connectivity index (χ4n) is 1.57. The summed E-state index contributed by atoms with van der Waals surface area (Å²) in [6.45, 7) is 6.06. The molecule has 2 aromatic rings. The summed E-state index contributed by atoms with van der Waals surface area (Å²) in [7, 11) is 0. The smallest absolute Gasteiger partial charge is 0.150 e. The summed E-state index contributed by atoms with van der Waals surface area (Å²) >= 11 is 0. The number of hydrogen-bond donors (Lipinski definition) is 1. The lowest BCUT2D eigenvalue weighted by Gasteiger charge is -2.15. The number of benzene rings is 1. The van der Waals surface area contributed by atoms with E-state index in [0.29, 0.717) is 10.9 Å². The lowest BCUT2D eigenvalue weighted by molar-refractivity contribution is 0.571. The van der Waals surface area contributed by atoms with Gasteiger partial charge in [0.2, 0.25) is 0 Å². The first-order chi connectivity index (χ1) is 6.88. The van der Waals surface area contributed by atoms with E-state index in [1.807, 2.05) is 20.8 Å². The number of nitrogens with one attached hydrogen (secondary N) is 1. The van der Waals surface area contributed by atoms with Gasteiger partial charge in [-0.2, -0.15) is 0 Å². The average molecular weight is 209 g/mol. The first-order valence-corrected chi connectivity index (χ1v) is 4.86. The normalized spacial score (nSPS) is 12.3. The summed E-state index contributed by atoms with van der Waals surface area (Å²) in [5.74, 6) is -1.08. The van der Waals surface area contributed by atoms with Crippen LogP contribution in [0.2, 0.25) is 0 Å². The van der Waals surface area contributed by atoms with E-state index >= 15 is 0 Å². The van der Waals surface area contributed by atoms with Gasteiger partial charge in [0, 0.05) is 22.6 Å². The molecule has 0 atom stereocenters. The topological polar surface area (TPSA) is 15.8 Å². The third kappa shape index (κ3) is 1.74. The van der Waals surface area contributed by atoms with Crippen LogP contribution in [0.3, 0.4) is 0 Å². The van der Waals surface area contributed by atoms with Crippen LogP contribution in [0.15, 0.2) is 18.2 Å². The Kier molecular flexibility index (Phi) is 2.07. The highest BCUT2D eigenvalue weighted by Crippen LogP contribution is 2.27. The van der Waals surface area contributed by atoms with E-state index in [-0.39, 0.29) is 5.41 Å². The Morgan fingerprint density at radius 3 is 2.33 bits per heavy atom. The van der Waals surface area contributed by atoms with Gasteiger partial charge < -0.3 is 4.98 Å². The van der Waals surface area contributed by atoms with Crippen LogP contribution in [-0.2, 0) is 5.41 Å².